The molecule has 2 saturated heterocycles. The van der Waals surface area contributed by atoms with E-state index in [-0.39, 0.29) is 0 Å². The summed E-state index contributed by atoms with van der Waals surface area (Å²) in [7, 11) is -3.51. The van der Waals surface area contributed by atoms with Crippen molar-refractivity contribution in [1.29, 1.82) is 0 Å². The summed E-state index contributed by atoms with van der Waals surface area (Å²) < 4.78 is 34.0. The SMILES string of the molecule is Cc1ccc(S(=O)(=O)N2CCOC23CCN(CC2CCC2)CC3)cc1. The second-order valence-electron chi connectivity index (χ2n) is 7.78. The first-order valence-corrected chi connectivity index (χ1v) is 10.9. The van der Waals surface area contributed by atoms with Crippen molar-refractivity contribution in [3.63, 3.8) is 0 Å². The molecule has 0 aromatic heterocycles. The first kappa shape index (κ1) is 17.5. The molecule has 4 rings (SSSR count). The molecule has 0 unspecified atom stereocenters. The van der Waals surface area contributed by atoms with Gasteiger partial charge in [0, 0.05) is 39.0 Å². The molecular weight excluding hydrogens is 336 g/mol. The maximum absolute atomic E-state index is 13.2. The lowest BCUT2D eigenvalue weighted by molar-refractivity contribution is -0.0930. The van der Waals surface area contributed by atoms with Crippen molar-refractivity contribution in [2.75, 3.05) is 32.8 Å². The molecule has 25 heavy (non-hydrogen) atoms. The molecule has 1 saturated carbocycles. The van der Waals surface area contributed by atoms with Crippen molar-refractivity contribution >= 4 is 10.0 Å². The van der Waals surface area contributed by atoms with Crippen LogP contribution in [0.4, 0.5) is 0 Å². The Morgan fingerprint density at radius 2 is 1.80 bits per heavy atom. The van der Waals surface area contributed by atoms with Crippen LogP contribution in [0.5, 0.6) is 0 Å². The van der Waals surface area contributed by atoms with Gasteiger partial charge in [-0.1, -0.05) is 24.1 Å². The van der Waals surface area contributed by atoms with Gasteiger partial charge in [0.25, 0.3) is 0 Å². The van der Waals surface area contributed by atoms with Gasteiger partial charge in [-0.05, 0) is 37.8 Å². The number of ether oxygens (including phenoxy) is 1. The van der Waals surface area contributed by atoms with Crippen molar-refractivity contribution in [1.82, 2.24) is 9.21 Å². The third-order valence-corrected chi connectivity index (χ3v) is 8.07. The van der Waals surface area contributed by atoms with Crippen molar-refractivity contribution < 1.29 is 13.2 Å². The predicted octanol–water partition coefficient (Wildman–Crippen LogP) is 2.61. The number of piperidine rings is 1. The van der Waals surface area contributed by atoms with Crippen LogP contribution in [0.1, 0.15) is 37.7 Å². The van der Waals surface area contributed by atoms with E-state index in [0.29, 0.717) is 18.0 Å². The zero-order chi connectivity index (χ0) is 17.5. The highest BCUT2D eigenvalue weighted by molar-refractivity contribution is 7.89. The minimum atomic E-state index is -3.51. The molecule has 0 amide bonds. The van der Waals surface area contributed by atoms with Gasteiger partial charge >= 0.3 is 0 Å². The number of sulfonamides is 1. The molecule has 0 radical (unpaired) electrons. The molecule has 5 nitrogen and oxygen atoms in total. The van der Waals surface area contributed by atoms with Gasteiger partial charge < -0.3 is 9.64 Å². The van der Waals surface area contributed by atoms with E-state index in [4.69, 9.17) is 4.74 Å². The lowest BCUT2D eigenvalue weighted by Crippen LogP contribution is -2.55. The molecular formula is C19H28N2O3S. The van der Waals surface area contributed by atoms with Crippen molar-refractivity contribution in [3.05, 3.63) is 29.8 Å². The number of aryl methyl sites for hydroxylation is 1. The molecule has 2 aliphatic heterocycles. The van der Waals surface area contributed by atoms with Gasteiger partial charge in [0.1, 0.15) is 5.72 Å². The van der Waals surface area contributed by atoms with Gasteiger partial charge in [0.05, 0.1) is 11.5 Å². The number of nitrogens with zero attached hydrogens (tertiary/aromatic N) is 2. The van der Waals surface area contributed by atoms with Crippen molar-refractivity contribution in [2.24, 2.45) is 5.92 Å². The Hall–Kier alpha value is -0.950. The monoisotopic (exact) mass is 364 g/mol. The molecule has 3 aliphatic rings. The molecule has 3 fully saturated rings. The van der Waals surface area contributed by atoms with Crippen LogP contribution in [0.2, 0.25) is 0 Å². The molecule has 1 aliphatic carbocycles. The first-order valence-electron chi connectivity index (χ1n) is 9.45. The van der Waals surface area contributed by atoms with E-state index in [1.807, 2.05) is 19.1 Å². The summed E-state index contributed by atoms with van der Waals surface area (Å²) in [5, 5.41) is 0. The smallest absolute Gasteiger partial charge is 0.245 e. The molecule has 6 heteroatoms. The summed E-state index contributed by atoms with van der Waals surface area (Å²) in [5.74, 6) is 0.853. The van der Waals surface area contributed by atoms with Gasteiger partial charge in [-0.3, -0.25) is 0 Å². The van der Waals surface area contributed by atoms with Crippen LogP contribution >= 0.6 is 0 Å². The minimum Gasteiger partial charge on any atom is -0.358 e. The maximum atomic E-state index is 13.2. The number of hydrogen-bond donors (Lipinski definition) is 0. The third-order valence-electron chi connectivity index (χ3n) is 6.11. The van der Waals surface area contributed by atoms with Crippen LogP contribution in [0.3, 0.4) is 0 Å². The lowest BCUT2D eigenvalue weighted by Gasteiger charge is -2.44. The van der Waals surface area contributed by atoms with Gasteiger partial charge in [-0.15, -0.1) is 0 Å². The Balaban J connectivity index is 1.49. The molecule has 2 heterocycles. The number of benzene rings is 1. The standard InChI is InChI=1S/C19H28N2O3S/c1-16-5-7-18(8-6-16)25(22,23)21-13-14-24-19(21)9-11-20(12-10-19)15-17-3-2-4-17/h5-8,17H,2-4,9-15H2,1H3. The molecule has 0 atom stereocenters. The van der Waals surface area contributed by atoms with Crippen molar-refractivity contribution in [2.45, 2.75) is 49.6 Å². The van der Waals surface area contributed by atoms with Gasteiger partial charge in [-0.25, -0.2) is 8.42 Å². The highest BCUT2D eigenvalue weighted by Gasteiger charge is 2.50. The van der Waals surface area contributed by atoms with Crippen LogP contribution < -0.4 is 0 Å². The third kappa shape index (κ3) is 3.25. The second kappa shape index (κ2) is 6.65. The summed E-state index contributed by atoms with van der Waals surface area (Å²) in [6.07, 6.45) is 5.61. The van der Waals surface area contributed by atoms with Crippen molar-refractivity contribution in [3.8, 4) is 0 Å². The normalized spacial score (nSPS) is 25.3. The summed E-state index contributed by atoms with van der Waals surface area (Å²) in [4.78, 5) is 2.87. The average molecular weight is 365 g/mol. The lowest BCUT2D eigenvalue weighted by atomic mass is 9.84. The van der Waals surface area contributed by atoms with Crippen LogP contribution in [0.25, 0.3) is 0 Å². The zero-order valence-corrected chi connectivity index (χ0v) is 15.8. The van der Waals surface area contributed by atoms with Crippen LogP contribution in [0, 0.1) is 12.8 Å². The Morgan fingerprint density at radius 3 is 2.40 bits per heavy atom. The predicted molar refractivity (Wildman–Crippen MR) is 96.8 cm³/mol. The van der Waals surface area contributed by atoms with E-state index in [0.717, 1.165) is 37.4 Å². The van der Waals surface area contributed by atoms with E-state index < -0.39 is 15.7 Å². The summed E-state index contributed by atoms with van der Waals surface area (Å²) in [6.45, 7) is 5.94. The average Bonchev–Trinajstić information content (AvgIpc) is 2.97. The fourth-order valence-corrected chi connectivity index (χ4v) is 6.01. The molecule has 0 N–H and O–H groups in total. The molecule has 1 spiro atoms. The summed E-state index contributed by atoms with van der Waals surface area (Å²) >= 11 is 0. The van der Waals surface area contributed by atoms with Gasteiger partial charge in [0.15, 0.2) is 0 Å². The van der Waals surface area contributed by atoms with E-state index in [1.54, 1.807) is 16.4 Å². The maximum Gasteiger partial charge on any atom is 0.245 e. The fraction of sp³-hybridized carbons (Fsp3) is 0.684. The van der Waals surface area contributed by atoms with Gasteiger partial charge in [-0.2, -0.15) is 4.31 Å². The summed E-state index contributed by atoms with van der Waals surface area (Å²) in [6, 6.07) is 7.14. The van der Waals surface area contributed by atoms with E-state index in [2.05, 4.69) is 4.90 Å². The fourth-order valence-electron chi connectivity index (χ4n) is 4.29. The highest BCUT2D eigenvalue weighted by Crippen LogP contribution is 2.39. The Morgan fingerprint density at radius 1 is 1.12 bits per heavy atom. The largest absolute Gasteiger partial charge is 0.358 e. The number of rotatable bonds is 4. The number of hydrogen-bond acceptors (Lipinski definition) is 4. The molecule has 138 valence electrons. The molecule has 1 aromatic carbocycles. The first-order chi connectivity index (χ1) is 12.0. The van der Waals surface area contributed by atoms with Crippen LogP contribution in [0.15, 0.2) is 29.2 Å². The van der Waals surface area contributed by atoms with E-state index in [9.17, 15) is 8.42 Å². The van der Waals surface area contributed by atoms with E-state index >= 15 is 0 Å². The molecule has 0 bridgehead atoms. The Kier molecular flexibility index (Phi) is 4.65. The van der Waals surface area contributed by atoms with Gasteiger partial charge in [0.2, 0.25) is 10.0 Å². The summed E-state index contributed by atoms with van der Waals surface area (Å²) in [5.41, 5.74) is 0.426. The highest BCUT2D eigenvalue weighted by atomic mass is 32.2. The topological polar surface area (TPSA) is 49.9 Å². The van der Waals surface area contributed by atoms with E-state index in [1.165, 1.54) is 25.8 Å². The second-order valence-corrected chi connectivity index (χ2v) is 9.64. The Labute approximate surface area is 151 Å². The van der Waals surface area contributed by atoms with Crippen LogP contribution in [-0.4, -0.2) is 56.1 Å². The Bertz CT molecular complexity index is 705. The number of likely N-dealkylation sites (tertiary alicyclic amines) is 1. The van der Waals surface area contributed by atoms with Crippen LogP contribution in [-0.2, 0) is 14.8 Å². The molecule has 1 aromatic rings. The quantitative estimate of drug-likeness (QED) is 0.824. The minimum absolute atomic E-state index is 0.375. The zero-order valence-electron chi connectivity index (χ0n) is 15.0.